The number of phenolic OH excluding ortho intramolecular Hbond substituents is 1. The Balaban J connectivity index is 2.60. The van der Waals surface area contributed by atoms with Crippen LogP contribution < -0.4 is 11.1 Å². The molecule has 5 heteroatoms. The van der Waals surface area contributed by atoms with Crippen molar-refractivity contribution in [3.8, 4) is 5.75 Å². The van der Waals surface area contributed by atoms with Crippen LogP contribution in [0.25, 0.3) is 0 Å². The molecule has 0 spiro atoms. The Labute approximate surface area is 112 Å². The fourth-order valence-electron chi connectivity index (χ4n) is 1.78. The predicted molar refractivity (Wildman–Crippen MR) is 72.5 cm³/mol. The molecule has 1 aromatic rings. The van der Waals surface area contributed by atoms with E-state index in [-0.39, 0.29) is 16.7 Å². The van der Waals surface area contributed by atoms with E-state index in [1.807, 2.05) is 13.8 Å². The van der Waals surface area contributed by atoms with Crippen LogP contribution in [0.5, 0.6) is 5.75 Å². The zero-order valence-electron chi connectivity index (χ0n) is 11.4. The second kappa shape index (κ2) is 6.52. The van der Waals surface area contributed by atoms with Crippen molar-refractivity contribution < 1.29 is 14.3 Å². The molecule has 0 aliphatic heterocycles. The maximum atomic E-state index is 12.8. The van der Waals surface area contributed by atoms with Crippen LogP contribution in [0.2, 0.25) is 0 Å². The first-order valence-electron chi connectivity index (χ1n) is 6.32. The number of benzene rings is 1. The number of nitrogens with one attached hydrogen (secondary N) is 1. The van der Waals surface area contributed by atoms with E-state index in [0.29, 0.717) is 13.1 Å². The van der Waals surface area contributed by atoms with Crippen molar-refractivity contribution in [3.63, 3.8) is 0 Å². The highest BCUT2D eigenvalue weighted by molar-refractivity contribution is 5.96. The lowest BCUT2D eigenvalue weighted by Gasteiger charge is -2.24. The number of hydrogen-bond acceptors (Lipinski definition) is 3. The van der Waals surface area contributed by atoms with Gasteiger partial charge in [-0.05, 0) is 36.9 Å². The number of carbonyl (C=O) groups is 1. The average Bonchev–Trinajstić information content (AvgIpc) is 2.34. The molecule has 0 aromatic heterocycles. The molecule has 106 valence electrons. The van der Waals surface area contributed by atoms with Crippen molar-refractivity contribution >= 4 is 5.91 Å². The summed E-state index contributed by atoms with van der Waals surface area (Å²) >= 11 is 0. The van der Waals surface area contributed by atoms with Crippen LogP contribution in [0.15, 0.2) is 18.2 Å². The first kappa shape index (κ1) is 15.4. The van der Waals surface area contributed by atoms with E-state index in [0.717, 1.165) is 25.0 Å². The van der Waals surface area contributed by atoms with Crippen LogP contribution in [-0.2, 0) is 0 Å². The van der Waals surface area contributed by atoms with Gasteiger partial charge in [0.15, 0.2) is 0 Å². The molecule has 1 rings (SSSR count). The smallest absolute Gasteiger partial charge is 0.255 e. The van der Waals surface area contributed by atoms with Crippen molar-refractivity contribution in [2.24, 2.45) is 11.1 Å². The molecule has 0 saturated heterocycles. The topological polar surface area (TPSA) is 75.3 Å². The summed E-state index contributed by atoms with van der Waals surface area (Å²) < 4.78 is 12.8. The van der Waals surface area contributed by atoms with Crippen LogP contribution in [0.3, 0.4) is 0 Å². The second-order valence-corrected chi connectivity index (χ2v) is 5.40. The van der Waals surface area contributed by atoms with Crippen molar-refractivity contribution in [1.29, 1.82) is 0 Å². The fraction of sp³-hybridized carbons (Fsp3) is 0.500. The highest BCUT2D eigenvalue weighted by Crippen LogP contribution is 2.22. The fourth-order valence-corrected chi connectivity index (χ4v) is 1.78. The zero-order chi connectivity index (χ0) is 14.5. The van der Waals surface area contributed by atoms with Crippen LogP contribution in [0, 0.1) is 11.2 Å². The van der Waals surface area contributed by atoms with Crippen molar-refractivity contribution in [2.75, 3.05) is 13.1 Å². The van der Waals surface area contributed by atoms with E-state index in [2.05, 4.69) is 5.32 Å². The standard InChI is InChI=1S/C14H21FN2O2/c1-14(2,6-3-7-16)9-17-13(19)11-5-4-10(15)8-12(11)18/h4-5,8,18H,3,6-7,9,16H2,1-2H3,(H,17,19). The van der Waals surface area contributed by atoms with Crippen LogP contribution in [-0.4, -0.2) is 24.1 Å². The molecule has 0 saturated carbocycles. The summed E-state index contributed by atoms with van der Waals surface area (Å²) in [7, 11) is 0. The minimum atomic E-state index is -0.572. The molecule has 19 heavy (non-hydrogen) atoms. The van der Waals surface area contributed by atoms with Gasteiger partial charge in [-0.3, -0.25) is 4.79 Å². The summed E-state index contributed by atoms with van der Waals surface area (Å²) in [6, 6.07) is 3.34. The Morgan fingerprint density at radius 1 is 1.47 bits per heavy atom. The van der Waals surface area contributed by atoms with E-state index in [1.165, 1.54) is 6.07 Å². The molecule has 1 aromatic carbocycles. The maximum absolute atomic E-state index is 12.8. The Morgan fingerprint density at radius 3 is 2.74 bits per heavy atom. The molecular weight excluding hydrogens is 247 g/mol. The molecule has 0 bridgehead atoms. The predicted octanol–water partition coefficient (Wildman–Crippen LogP) is 2.03. The first-order chi connectivity index (χ1) is 8.85. The molecule has 0 aliphatic rings. The van der Waals surface area contributed by atoms with E-state index in [9.17, 15) is 14.3 Å². The highest BCUT2D eigenvalue weighted by Gasteiger charge is 2.19. The first-order valence-corrected chi connectivity index (χ1v) is 6.32. The lowest BCUT2D eigenvalue weighted by Crippen LogP contribution is -2.34. The number of hydrogen-bond donors (Lipinski definition) is 3. The lowest BCUT2D eigenvalue weighted by atomic mass is 9.87. The largest absolute Gasteiger partial charge is 0.507 e. The van der Waals surface area contributed by atoms with Gasteiger partial charge in [0.1, 0.15) is 11.6 Å². The quantitative estimate of drug-likeness (QED) is 0.739. The van der Waals surface area contributed by atoms with Crippen LogP contribution in [0.4, 0.5) is 4.39 Å². The third-order valence-corrected chi connectivity index (χ3v) is 2.99. The van der Waals surface area contributed by atoms with Gasteiger partial charge >= 0.3 is 0 Å². The van der Waals surface area contributed by atoms with Gasteiger partial charge in [-0.2, -0.15) is 0 Å². The lowest BCUT2D eigenvalue weighted by molar-refractivity contribution is 0.0931. The Bertz CT molecular complexity index is 447. The summed E-state index contributed by atoms with van der Waals surface area (Å²) in [5.41, 5.74) is 5.48. The third kappa shape index (κ3) is 4.87. The van der Waals surface area contributed by atoms with Gasteiger partial charge in [0.05, 0.1) is 5.56 Å². The highest BCUT2D eigenvalue weighted by atomic mass is 19.1. The Morgan fingerprint density at radius 2 is 2.16 bits per heavy atom. The van der Waals surface area contributed by atoms with E-state index in [4.69, 9.17) is 5.73 Å². The summed E-state index contributed by atoms with van der Waals surface area (Å²) in [5, 5.41) is 12.3. The second-order valence-electron chi connectivity index (χ2n) is 5.40. The molecule has 0 heterocycles. The normalized spacial score (nSPS) is 11.4. The van der Waals surface area contributed by atoms with Gasteiger partial charge in [0.25, 0.3) is 5.91 Å². The molecule has 0 radical (unpaired) electrons. The van der Waals surface area contributed by atoms with Crippen LogP contribution in [0.1, 0.15) is 37.0 Å². The monoisotopic (exact) mass is 268 g/mol. The molecule has 4 nitrogen and oxygen atoms in total. The number of amides is 1. The van der Waals surface area contributed by atoms with Crippen molar-refractivity contribution in [3.05, 3.63) is 29.6 Å². The molecule has 0 aliphatic carbocycles. The molecule has 1 amide bonds. The van der Waals surface area contributed by atoms with Gasteiger partial charge in [-0.15, -0.1) is 0 Å². The van der Waals surface area contributed by atoms with E-state index in [1.54, 1.807) is 0 Å². The van der Waals surface area contributed by atoms with Crippen molar-refractivity contribution in [2.45, 2.75) is 26.7 Å². The van der Waals surface area contributed by atoms with Gasteiger partial charge in [0.2, 0.25) is 0 Å². The summed E-state index contributed by atoms with van der Waals surface area (Å²) in [5.74, 6) is -1.33. The summed E-state index contributed by atoms with van der Waals surface area (Å²) in [6.07, 6.45) is 1.80. The van der Waals surface area contributed by atoms with Gasteiger partial charge in [-0.25, -0.2) is 4.39 Å². The third-order valence-electron chi connectivity index (χ3n) is 2.99. The van der Waals surface area contributed by atoms with Crippen LogP contribution >= 0.6 is 0 Å². The minimum Gasteiger partial charge on any atom is -0.507 e. The summed E-state index contributed by atoms with van der Waals surface area (Å²) in [4.78, 5) is 11.9. The molecule has 4 N–H and O–H groups in total. The molecule has 0 fully saturated rings. The van der Waals surface area contributed by atoms with Crippen molar-refractivity contribution in [1.82, 2.24) is 5.32 Å². The molecule has 0 unspecified atom stereocenters. The maximum Gasteiger partial charge on any atom is 0.255 e. The zero-order valence-corrected chi connectivity index (χ0v) is 11.4. The summed E-state index contributed by atoms with van der Waals surface area (Å²) in [6.45, 7) is 5.17. The van der Waals surface area contributed by atoms with E-state index >= 15 is 0 Å². The van der Waals surface area contributed by atoms with Gasteiger partial charge in [0, 0.05) is 12.6 Å². The average molecular weight is 268 g/mol. The Hall–Kier alpha value is -1.62. The number of nitrogens with two attached hydrogens (primary N) is 1. The van der Waals surface area contributed by atoms with E-state index < -0.39 is 11.7 Å². The number of carbonyl (C=O) groups excluding carboxylic acids is 1. The number of halogens is 1. The number of phenols is 1. The number of aromatic hydroxyl groups is 1. The number of rotatable bonds is 6. The minimum absolute atomic E-state index is 0.0648. The molecular formula is C14H21FN2O2. The Kier molecular flexibility index (Phi) is 5.30. The van der Waals surface area contributed by atoms with Gasteiger partial charge in [-0.1, -0.05) is 13.8 Å². The van der Waals surface area contributed by atoms with Gasteiger partial charge < -0.3 is 16.2 Å². The SMILES string of the molecule is CC(C)(CCCN)CNC(=O)c1ccc(F)cc1O. The molecule has 0 atom stereocenters.